The van der Waals surface area contributed by atoms with Crippen LogP contribution in [0.2, 0.25) is 0 Å². The fourth-order valence-corrected chi connectivity index (χ4v) is 3.59. The summed E-state index contributed by atoms with van der Waals surface area (Å²) in [6.45, 7) is 6.00. The Kier molecular flexibility index (Phi) is 7.63. The maximum Gasteiger partial charge on any atom is 0.191 e. The molecule has 1 aliphatic carbocycles. The Balaban J connectivity index is 1.90. The van der Waals surface area contributed by atoms with Gasteiger partial charge in [-0.05, 0) is 45.5 Å². The van der Waals surface area contributed by atoms with Crippen molar-refractivity contribution in [3.05, 3.63) is 24.2 Å². The van der Waals surface area contributed by atoms with Crippen LogP contribution in [-0.4, -0.2) is 51.1 Å². The molecule has 0 atom stereocenters. The molecule has 0 radical (unpaired) electrons. The van der Waals surface area contributed by atoms with Crippen molar-refractivity contribution in [3.63, 3.8) is 0 Å². The smallest absolute Gasteiger partial charge is 0.191 e. The average molecular weight is 335 g/mol. The molecule has 1 saturated carbocycles. The third kappa shape index (κ3) is 6.19. The van der Waals surface area contributed by atoms with E-state index in [4.69, 9.17) is 9.41 Å². The molecular formula is C19H34N4O. The molecule has 1 heterocycles. The molecule has 2 rings (SSSR count). The van der Waals surface area contributed by atoms with Crippen molar-refractivity contribution < 1.29 is 4.42 Å². The van der Waals surface area contributed by atoms with E-state index in [-0.39, 0.29) is 0 Å². The van der Waals surface area contributed by atoms with Crippen LogP contribution in [0, 0.1) is 5.41 Å². The zero-order chi connectivity index (χ0) is 17.3. The first-order valence-electron chi connectivity index (χ1n) is 9.33. The lowest BCUT2D eigenvalue weighted by Gasteiger charge is -2.30. The Hall–Kier alpha value is -1.49. The number of furan rings is 1. The maximum atomic E-state index is 5.39. The van der Waals surface area contributed by atoms with Crippen LogP contribution in [-0.2, 0) is 6.42 Å². The molecule has 2 N–H and O–H groups in total. The number of hydrogen-bond donors (Lipinski definition) is 2. The summed E-state index contributed by atoms with van der Waals surface area (Å²) in [4.78, 5) is 7.23. The summed E-state index contributed by atoms with van der Waals surface area (Å²) in [5.74, 6) is 1.95. The van der Waals surface area contributed by atoms with Crippen molar-refractivity contribution in [1.29, 1.82) is 0 Å². The van der Waals surface area contributed by atoms with Gasteiger partial charge in [0, 0.05) is 38.0 Å². The van der Waals surface area contributed by atoms with Crippen molar-refractivity contribution in [2.24, 2.45) is 10.4 Å². The second-order valence-corrected chi connectivity index (χ2v) is 7.29. The summed E-state index contributed by atoms with van der Waals surface area (Å²) in [6, 6.07) is 3.95. The molecule has 0 aliphatic heterocycles. The standard InChI is InChI=1S/C19H34N4O/c1-4-12-20-18(21-13-9-17-8-7-14-24-17)22-15-19(16-23(2)3)10-5-6-11-19/h7-8,14H,4-6,9-13,15-16H2,1-3H3,(H2,20,21,22). The second kappa shape index (κ2) is 9.72. The molecule has 0 spiro atoms. The van der Waals surface area contributed by atoms with Crippen molar-refractivity contribution in [2.45, 2.75) is 45.4 Å². The molecule has 1 fully saturated rings. The highest BCUT2D eigenvalue weighted by Crippen LogP contribution is 2.38. The van der Waals surface area contributed by atoms with E-state index >= 15 is 0 Å². The van der Waals surface area contributed by atoms with Gasteiger partial charge in [-0.25, -0.2) is 0 Å². The average Bonchev–Trinajstić information content (AvgIpc) is 3.21. The van der Waals surface area contributed by atoms with Crippen LogP contribution in [0.25, 0.3) is 0 Å². The Morgan fingerprint density at radius 1 is 1.25 bits per heavy atom. The summed E-state index contributed by atoms with van der Waals surface area (Å²) in [6.07, 6.45) is 8.97. The Labute approximate surface area is 146 Å². The molecule has 5 heteroatoms. The zero-order valence-electron chi connectivity index (χ0n) is 15.6. The predicted molar refractivity (Wildman–Crippen MR) is 100 cm³/mol. The molecule has 5 nitrogen and oxygen atoms in total. The van der Waals surface area contributed by atoms with Crippen LogP contribution in [0.4, 0.5) is 0 Å². The van der Waals surface area contributed by atoms with Gasteiger partial charge in [0.15, 0.2) is 5.96 Å². The minimum Gasteiger partial charge on any atom is -0.469 e. The van der Waals surface area contributed by atoms with E-state index in [1.54, 1.807) is 6.26 Å². The first-order valence-corrected chi connectivity index (χ1v) is 9.33. The van der Waals surface area contributed by atoms with Gasteiger partial charge in [0.1, 0.15) is 5.76 Å². The molecule has 0 amide bonds. The van der Waals surface area contributed by atoms with Crippen LogP contribution in [0.15, 0.2) is 27.8 Å². The van der Waals surface area contributed by atoms with Crippen LogP contribution in [0.1, 0.15) is 44.8 Å². The molecule has 24 heavy (non-hydrogen) atoms. The summed E-state index contributed by atoms with van der Waals surface area (Å²) in [7, 11) is 4.34. The lowest BCUT2D eigenvalue weighted by Crippen LogP contribution is -2.41. The SMILES string of the molecule is CCCNC(=NCC1(CN(C)C)CCCC1)NCCc1ccco1. The second-order valence-electron chi connectivity index (χ2n) is 7.29. The van der Waals surface area contributed by atoms with Crippen LogP contribution in [0.5, 0.6) is 0 Å². The fourth-order valence-electron chi connectivity index (χ4n) is 3.59. The normalized spacial score (nSPS) is 17.4. The molecule has 1 aliphatic rings. The van der Waals surface area contributed by atoms with E-state index in [9.17, 15) is 0 Å². The molecule has 0 unspecified atom stereocenters. The van der Waals surface area contributed by atoms with Crippen LogP contribution < -0.4 is 10.6 Å². The molecule has 1 aromatic rings. The van der Waals surface area contributed by atoms with Gasteiger partial charge in [-0.15, -0.1) is 0 Å². The molecule has 136 valence electrons. The largest absolute Gasteiger partial charge is 0.469 e. The number of nitrogens with zero attached hydrogens (tertiary/aromatic N) is 2. The summed E-state index contributed by atoms with van der Waals surface area (Å²) in [5.41, 5.74) is 0.353. The maximum absolute atomic E-state index is 5.39. The van der Waals surface area contributed by atoms with Gasteiger partial charge in [-0.2, -0.15) is 0 Å². The van der Waals surface area contributed by atoms with Crippen molar-refractivity contribution >= 4 is 5.96 Å². The number of rotatable bonds is 9. The highest BCUT2D eigenvalue weighted by Gasteiger charge is 2.34. The minimum absolute atomic E-state index is 0.353. The van der Waals surface area contributed by atoms with Gasteiger partial charge in [0.05, 0.1) is 6.26 Å². The van der Waals surface area contributed by atoms with Gasteiger partial charge in [-0.1, -0.05) is 19.8 Å². The van der Waals surface area contributed by atoms with E-state index in [0.717, 1.165) is 50.7 Å². The predicted octanol–water partition coefficient (Wildman–Crippen LogP) is 2.89. The first kappa shape index (κ1) is 18.8. The van der Waals surface area contributed by atoms with E-state index in [1.807, 2.05) is 12.1 Å². The van der Waals surface area contributed by atoms with Gasteiger partial charge in [-0.3, -0.25) is 4.99 Å². The lowest BCUT2D eigenvalue weighted by molar-refractivity contribution is 0.210. The highest BCUT2D eigenvalue weighted by atomic mass is 16.3. The van der Waals surface area contributed by atoms with E-state index in [0.29, 0.717) is 5.41 Å². The Morgan fingerprint density at radius 2 is 2.00 bits per heavy atom. The first-order chi connectivity index (χ1) is 11.6. The molecule has 1 aromatic heterocycles. The van der Waals surface area contributed by atoms with Gasteiger partial charge < -0.3 is 20.0 Å². The lowest BCUT2D eigenvalue weighted by atomic mass is 9.86. The molecule has 0 bridgehead atoms. The van der Waals surface area contributed by atoms with Crippen molar-refractivity contribution in [1.82, 2.24) is 15.5 Å². The number of aliphatic imine (C=N–C) groups is 1. The zero-order valence-corrected chi connectivity index (χ0v) is 15.6. The van der Waals surface area contributed by atoms with Crippen LogP contribution in [0.3, 0.4) is 0 Å². The monoisotopic (exact) mass is 334 g/mol. The Bertz CT molecular complexity index is 476. The van der Waals surface area contributed by atoms with Gasteiger partial charge in [0.2, 0.25) is 0 Å². The van der Waals surface area contributed by atoms with E-state index < -0.39 is 0 Å². The fraction of sp³-hybridized carbons (Fsp3) is 0.737. The van der Waals surface area contributed by atoms with E-state index in [2.05, 4.69) is 36.6 Å². The van der Waals surface area contributed by atoms with Crippen molar-refractivity contribution in [2.75, 3.05) is 40.3 Å². The number of nitrogens with one attached hydrogen (secondary N) is 2. The number of guanidine groups is 1. The summed E-state index contributed by atoms with van der Waals surface area (Å²) in [5, 5.41) is 6.89. The number of hydrogen-bond acceptors (Lipinski definition) is 3. The van der Waals surface area contributed by atoms with Crippen molar-refractivity contribution in [3.8, 4) is 0 Å². The molecular weight excluding hydrogens is 300 g/mol. The third-order valence-electron chi connectivity index (χ3n) is 4.67. The Morgan fingerprint density at radius 3 is 2.62 bits per heavy atom. The van der Waals surface area contributed by atoms with Gasteiger partial charge >= 0.3 is 0 Å². The third-order valence-corrected chi connectivity index (χ3v) is 4.67. The highest BCUT2D eigenvalue weighted by molar-refractivity contribution is 5.79. The molecule has 0 saturated heterocycles. The summed E-state index contributed by atoms with van der Waals surface area (Å²) < 4.78 is 5.39. The van der Waals surface area contributed by atoms with E-state index in [1.165, 1.54) is 25.7 Å². The molecule has 0 aromatic carbocycles. The quantitative estimate of drug-likeness (QED) is 0.538. The topological polar surface area (TPSA) is 52.8 Å². The van der Waals surface area contributed by atoms with Gasteiger partial charge in [0.25, 0.3) is 0 Å². The van der Waals surface area contributed by atoms with Crippen LogP contribution >= 0.6 is 0 Å². The summed E-state index contributed by atoms with van der Waals surface area (Å²) >= 11 is 0. The minimum atomic E-state index is 0.353.